The maximum atomic E-state index is 13.7. The number of rotatable bonds is 7. The van der Waals surface area contributed by atoms with Crippen molar-refractivity contribution in [3.05, 3.63) is 93.9 Å². The lowest BCUT2D eigenvalue weighted by Crippen LogP contribution is -2.39. The second kappa shape index (κ2) is 9.75. The number of hydrogen-bond donors (Lipinski definition) is 1. The average Bonchev–Trinajstić information content (AvgIpc) is 2.76. The fraction of sp³-hybridized carbons (Fsp3) is 0.182. The van der Waals surface area contributed by atoms with Crippen molar-refractivity contribution >= 4 is 17.5 Å². The first kappa shape index (κ1) is 21.8. The van der Waals surface area contributed by atoms with Crippen LogP contribution in [0.3, 0.4) is 0 Å². The number of anilines is 1. The van der Waals surface area contributed by atoms with Crippen molar-refractivity contribution in [1.29, 1.82) is 0 Å². The summed E-state index contributed by atoms with van der Waals surface area (Å²) in [6.07, 6.45) is 0. The number of carbonyl (C=O) groups excluding carboxylic acids is 2. The molecule has 0 aliphatic heterocycles. The molecule has 1 aromatic heterocycles. The van der Waals surface area contributed by atoms with Crippen LogP contribution in [-0.4, -0.2) is 39.6 Å². The molecule has 0 aliphatic carbocycles. The maximum absolute atomic E-state index is 13.7. The molecule has 160 valence electrons. The minimum absolute atomic E-state index is 0.0257. The summed E-state index contributed by atoms with van der Waals surface area (Å²) < 4.78 is 28.6. The Bertz CT molecular complexity index is 1130. The van der Waals surface area contributed by atoms with Gasteiger partial charge in [-0.05, 0) is 30.7 Å². The van der Waals surface area contributed by atoms with Crippen LogP contribution in [0.25, 0.3) is 0 Å². The quantitative estimate of drug-likeness (QED) is 0.630. The monoisotopic (exact) mass is 426 g/mol. The Morgan fingerprint density at radius 1 is 1.00 bits per heavy atom. The second-order valence-corrected chi connectivity index (χ2v) is 6.66. The van der Waals surface area contributed by atoms with E-state index in [9.17, 15) is 23.2 Å². The molecule has 0 spiro atoms. The first-order chi connectivity index (χ1) is 14.9. The van der Waals surface area contributed by atoms with E-state index in [1.165, 1.54) is 18.2 Å². The fourth-order valence-corrected chi connectivity index (χ4v) is 2.89. The SMILES string of the molecule is CCN(CC(=O)Nc1c(F)cccc1F)C(=O)c1ccc(=O)n(Cc2ccccc2)n1. The van der Waals surface area contributed by atoms with E-state index < -0.39 is 35.7 Å². The zero-order chi connectivity index (χ0) is 22.4. The van der Waals surface area contributed by atoms with Gasteiger partial charge in [-0.3, -0.25) is 14.4 Å². The minimum atomic E-state index is -0.919. The molecule has 3 rings (SSSR count). The van der Waals surface area contributed by atoms with Crippen molar-refractivity contribution in [2.24, 2.45) is 0 Å². The Labute approximate surface area is 176 Å². The number of nitrogens with one attached hydrogen (secondary N) is 1. The molecule has 9 heteroatoms. The van der Waals surface area contributed by atoms with Gasteiger partial charge in [0.15, 0.2) is 0 Å². The second-order valence-electron chi connectivity index (χ2n) is 6.66. The molecule has 0 aliphatic rings. The first-order valence-corrected chi connectivity index (χ1v) is 9.54. The van der Waals surface area contributed by atoms with Crippen molar-refractivity contribution in [2.75, 3.05) is 18.4 Å². The van der Waals surface area contributed by atoms with Crippen LogP contribution < -0.4 is 10.9 Å². The third-order valence-corrected chi connectivity index (χ3v) is 4.49. The highest BCUT2D eigenvalue weighted by molar-refractivity contribution is 5.98. The van der Waals surface area contributed by atoms with Gasteiger partial charge in [0.25, 0.3) is 11.5 Å². The fourth-order valence-electron chi connectivity index (χ4n) is 2.89. The number of para-hydroxylation sites is 1. The summed E-state index contributed by atoms with van der Waals surface area (Å²) in [6, 6.07) is 14.9. The van der Waals surface area contributed by atoms with E-state index in [1.807, 2.05) is 30.3 Å². The summed E-state index contributed by atoms with van der Waals surface area (Å²) >= 11 is 0. The van der Waals surface area contributed by atoms with Gasteiger partial charge in [-0.2, -0.15) is 5.10 Å². The normalized spacial score (nSPS) is 10.5. The molecule has 3 aromatic rings. The Morgan fingerprint density at radius 2 is 1.68 bits per heavy atom. The summed E-state index contributed by atoms with van der Waals surface area (Å²) in [4.78, 5) is 38.4. The van der Waals surface area contributed by atoms with Gasteiger partial charge in [0.2, 0.25) is 5.91 Å². The first-order valence-electron chi connectivity index (χ1n) is 9.54. The summed E-state index contributed by atoms with van der Waals surface area (Å²) in [5.74, 6) is -3.19. The van der Waals surface area contributed by atoms with E-state index in [2.05, 4.69) is 10.4 Å². The van der Waals surface area contributed by atoms with Gasteiger partial charge < -0.3 is 10.2 Å². The van der Waals surface area contributed by atoms with Crippen LogP contribution in [0.5, 0.6) is 0 Å². The van der Waals surface area contributed by atoms with Gasteiger partial charge in [0.1, 0.15) is 29.6 Å². The van der Waals surface area contributed by atoms with Crippen LogP contribution in [0.2, 0.25) is 0 Å². The molecule has 0 saturated heterocycles. The molecular weight excluding hydrogens is 406 g/mol. The van der Waals surface area contributed by atoms with E-state index in [1.54, 1.807) is 6.92 Å². The third kappa shape index (κ3) is 5.39. The van der Waals surface area contributed by atoms with E-state index >= 15 is 0 Å². The zero-order valence-corrected chi connectivity index (χ0v) is 16.7. The highest BCUT2D eigenvalue weighted by Crippen LogP contribution is 2.18. The molecular formula is C22H20F2N4O3. The number of aromatic nitrogens is 2. The molecule has 0 unspecified atom stereocenters. The molecule has 31 heavy (non-hydrogen) atoms. The van der Waals surface area contributed by atoms with Crippen LogP contribution in [0.4, 0.5) is 14.5 Å². The van der Waals surface area contributed by atoms with Gasteiger partial charge in [-0.25, -0.2) is 13.5 Å². The highest BCUT2D eigenvalue weighted by atomic mass is 19.1. The Kier molecular flexibility index (Phi) is 6.86. The van der Waals surface area contributed by atoms with E-state index in [0.29, 0.717) is 0 Å². The summed E-state index contributed by atoms with van der Waals surface area (Å²) in [7, 11) is 0. The predicted molar refractivity (Wildman–Crippen MR) is 111 cm³/mol. The van der Waals surface area contributed by atoms with Crippen molar-refractivity contribution in [3.8, 4) is 0 Å². The van der Waals surface area contributed by atoms with Crippen molar-refractivity contribution in [3.63, 3.8) is 0 Å². The number of halogens is 2. The molecule has 0 radical (unpaired) electrons. The van der Waals surface area contributed by atoms with E-state index in [0.717, 1.165) is 27.3 Å². The molecule has 2 aromatic carbocycles. The van der Waals surface area contributed by atoms with Crippen LogP contribution in [0.1, 0.15) is 23.0 Å². The van der Waals surface area contributed by atoms with E-state index in [4.69, 9.17) is 0 Å². The highest BCUT2D eigenvalue weighted by Gasteiger charge is 2.21. The number of amides is 2. The molecule has 0 saturated carbocycles. The minimum Gasteiger partial charge on any atom is -0.328 e. The third-order valence-electron chi connectivity index (χ3n) is 4.49. The predicted octanol–water partition coefficient (Wildman–Crippen LogP) is 2.67. The molecule has 1 heterocycles. The number of carbonyl (C=O) groups is 2. The standard InChI is InChI=1S/C22H20F2N4O3/c1-2-27(14-19(29)25-21-16(23)9-6-10-17(21)24)22(31)18-11-12-20(30)28(26-18)13-15-7-4-3-5-8-15/h3-12H,2,13-14H2,1H3,(H,25,29). The summed E-state index contributed by atoms with van der Waals surface area (Å²) in [6.45, 7) is 1.53. The molecule has 1 N–H and O–H groups in total. The molecule has 0 atom stereocenters. The number of benzene rings is 2. The van der Waals surface area contributed by atoms with Crippen molar-refractivity contribution in [2.45, 2.75) is 13.5 Å². The molecule has 0 bridgehead atoms. The number of hydrogen-bond acceptors (Lipinski definition) is 4. The van der Waals surface area contributed by atoms with Crippen LogP contribution in [-0.2, 0) is 11.3 Å². The number of likely N-dealkylation sites (N-methyl/N-ethyl adjacent to an activating group) is 1. The van der Waals surface area contributed by atoms with Gasteiger partial charge in [-0.15, -0.1) is 0 Å². The molecule has 2 amide bonds. The Hall–Kier alpha value is -3.88. The summed E-state index contributed by atoms with van der Waals surface area (Å²) in [5.41, 5.74) is -0.149. The van der Waals surface area contributed by atoms with E-state index in [-0.39, 0.29) is 24.3 Å². The van der Waals surface area contributed by atoms with Crippen LogP contribution >= 0.6 is 0 Å². The van der Waals surface area contributed by atoms with Crippen LogP contribution in [0, 0.1) is 11.6 Å². The van der Waals surface area contributed by atoms with Crippen LogP contribution in [0.15, 0.2) is 65.5 Å². The largest absolute Gasteiger partial charge is 0.328 e. The summed E-state index contributed by atoms with van der Waals surface area (Å²) in [5, 5.41) is 6.26. The van der Waals surface area contributed by atoms with Crippen molar-refractivity contribution < 1.29 is 18.4 Å². The maximum Gasteiger partial charge on any atom is 0.274 e. The van der Waals surface area contributed by atoms with Gasteiger partial charge >= 0.3 is 0 Å². The Morgan fingerprint density at radius 3 is 2.32 bits per heavy atom. The lowest BCUT2D eigenvalue weighted by atomic mass is 10.2. The number of nitrogens with zero attached hydrogens (tertiary/aromatic N) is 3. The van der Waals surface area contributed by atoms with Gasteiger partial charge in [0.05, 0.1) is 6.54 Å². The average molecular weight is 426 g/mol. The molecule has 7 nitrogen and oxygen atoms in total. The lowest BCUT2D eigenvalue weighted by Gasteiger charge is -2.20. The lowest BCUT2D eigenvalue weighted by molar-refractivity contribution is -0.116. The Balaban J connectivity index is 1.75. The molecule has 0 fully saturated rings. The zero-order valence-electron chi connectivity index (χ0n) is 16.7. The topological polar surface area (TPSA) is 84.3 Å². The van der Waals surface area contributed by atoms with Gasteiger partial charge in [-0.1, -0.05) is 36.4 Å². The van der Waals surface area contributed by atoms with Gasteiger partial charge in [0, 0.05) is 12.6 Å². The van der Waals surface area contributed by atoms with Crippen molar-refractivity contribution in [1.82, 2.24) is 14.7 Å². The smallest absolute Gasteiger partial charge is 0.274 e.